The van der Waals surface area contributed by atoms with Gasteiger partial charge in [-0.25, -0.2) is 14.4 Å². The Balaban J connectivity index is 1.50. The van der Waals surface area contributed by atoms with Crippen molar-refractivity contribution < 1.29 is 24.1 Å². The number of likely N-dealkylation sites (tertiary alicyclic amines) is 1. The summed E-state index contributed by atoms with van der Waals surface area (Å²) in [5.74, 6) is 0.234. The molecule has 3 aromatic rings. The Morgan fingerprint density at radius 1 is 1.30 bits per heavy atom. The Bertz CT molecular complexity index is 1320. The maximum absolute atomic E-state index is 14.6. The molecule has 4 rings (SSSR count). The standard InChI is InChI=1S/C25H26FN7O4/c1-25(2,36)21-10-17(5-7-28-21)31-24-30-14-29-23(32-24)15-3-4-19(16(9-15)11-27)37-20-6-8-33(12-18(20)26)22(35)13-34/h3-5,7,9-10,14,18,20,34,36H,6,8,12-13H2,1-2H3,(H,28,29,30,31,32)/t18?,20-/m0/s1. The van der Waals surface area contributed by atoms with Crippen LogP contribution in [-0.4, -0.2) is 72.9 Å². The van der Waals surface area contributed by atoms with E-state index in [2.05, 4.69) is 31.3 Å². The molecule has 192 valence electrons. The van der Waals surface area contributed by atoms with Crippen molar-refractivity contribution in [2.24, 2.45) is 0 Å². The fourth-order valence-corrected chi connectivity index (χ4v) is 3.83. The van der Waals surface area contributed by atoms with Crippen LogP contribution in [0.3, 0.4) is 0 Å². The summed E-state index contributed by atoms with van der Waals surface area (Å²) in [6.45, 7) is 2.67. The number of nitriles is 1. The molecule has 0 aliphatic carbocycles. The summed E-state index contributed by atoms with van der Waals surface area (Å²) >= 11 is 0. The molecule has 12 heteroatoms. The van der Waals surface area contributed by atoms with Gasteiger partial charge in [-0.3, -0.25) is 9.78 Å². The lowest BCUT2D eigenvalue weighted by Crippen LogP contribution is -2.50. The van der Waals surface area contributed by atoms with Crippen molar-refractivity contribution in [3.63, 3.8) is 0 Å². The smallest absolute Gasteiger partial charge is 0.248 e. The fraction of sp³-hybridized carbons (Fsp3) is 0.360. The predicted molar refractivity (Wildman–Crippen MR) is 130 cm³/mol. The number of aliphatic hydroxyl groups excluding tert-OH is 1. The number of aromatic nitrogens is 4. The third-order valence-electron chi connectivity index (χ3n) is 5.82. The maximum Gasteiger partial charge on any atom is 0.248 e. The van der Waals surface area contributed by atoms with Crippen LogP contribution in [0.1, 0.15) is 31.5 Å². The normalized spacial score (nSPS) is 17.7. The molecule has 1 aliphatic heterocycles. The molecule has 2 atom stereocenters. The SMILES string of the molecule is CC(C)(O)c1cc(Nc2ncnc(-c3ccc(O[C@H]4CCN(C(=O)CO)CC4F)c(C#N)c3)n2)ccn1. The van der Waals surface area contributed by atoms with E-state index < -0.39 is 30.4 Å². The first kappa shape index (κ1) is 25.9. The van der Waals surface area contributed by atoms with Gasteiger partial charge in [0.25, 0.3) is 0 Å². The number of benzene rings is 1. The van der Waals surface area contributed by atoms with E-state index in [9.17, 15) is 19.6 Å². The van der Waals surface area contributed by atoms with Gasteiger partial charge in [-0.05, 0) is 44.2 Å². The molecule has 0 radical (unpaired) electrons. The third kappa shape index (κ3) is 6.14. The van der Waals surface area contributed by atoms with Crippen LogP contribution in [0, 0.1) is 11.3 Å². The van der Waals surface area contributed by atoms with Crippen LogP contribution in [-0.2, 0) is 10.4 Å². The van der Waals surface area contributed by atoms with Crippen LogP contribution in [0.25, 0.3) is 11.4 Å². The predicted octanol–water partition coefficient (Wildman–Crippen LogP) is 2.09. The highest BCUT2D eigenvalue weighted by Crippen LogP contribution is 2.29. The molecule has 1 aromatic carbocycles. The van der Waals surface area contributed by atoms with Crippen LogP contribution in [0.15, 0.2) is 42.9 Å². The molecule has 1 fully saturated rings. The Morgan fingerprint density at radius 2 is 2.11 bits per heavy atom. The summed E-state index contributed by atoms with van der Waals surface area (Å²) in [5, 5.41) is 31.9. The molecule has 0 spiro atoms. The van der Waals surface area contributed by atoms with E-state index in [0.29, 0.717) is 22.8 Å². The minimum atomic E-state index is -1.46. The monoisotopic (exact) mass is 507 g/mol. The molecule has 2 aromatic heterocycles. The number of piperidine rings is 1. The van der Waals surface area contributed by atoms with Crippen LogP contribution in [0.4, 0.5) is 16.0 Å². The number of aliphatic hydroxyl groups is 2. The van der Waals surface area contributed by atoms with Gasteiger partial charge in [-0.2, -0.15) is 10.2 Å². The van der Waals surface area contributed by atoms with Gasteiger partial charge in [0.1, 0.15) is 36.5 Å². The molecule has 3 N–H and O–H groups in total. The summed E-state index contributed by atoms with van der Waals surface area (Å²) in [7, 11) is 0. The second kappa shape index (κ2) is 10.8. The largest absolute Gasteiger partial charge is 0.486 e. The highest BCUT2D eigenvalue weighted by molar-refractivity contribution is 5.77. The summed E-state index contributed by atoms with van der Waals surface area (Å²) in [6, 6.07) is 10.2. The number of carbonyl (C=O) groups is 1. The molecular weight excluding hydrogens is 481 g/mol. The van der Waals surface area contributed by atoms with Crippen molar-refractivity contribution in [2.75, 3.05) is 25.0 Å². The molecule has 0 saturated carbocycles. The highest BCUT2D eigenvalue weighted by atomic mass is 19.1. The van der Waals surface area contributed by atoms with Crippen LogP contribution in [0.5, 0.6) is 5.75 Å². The second-order valence-corrected chi connectivity index (χ2v) is 9.03. The minimum Gasteiger partial charge on any atom is -0.486 e. The zero-order valence-corrected chi connectivity index (χ0v) is 20.3. The van der Waals surface area contributed by atoms with E-state index in [1.165, 1.54) is 11.2 Å². The third-order valence-corrected chi connectivity index (χ3v) is 5.82. The number of halogens is 1. The van der Waals surface area contributed by atoms with Crippen molar-refractivity contribution in [3.8, 4) is 23.2 Å². The minimum absolute atomic E-state index is 0.178. The average Bonchev–Trinajstić information content (AvgIpc) is 2.89. The van der Waals surface area contributed by atoms with E-state index in [0.717, 1.165) is 0 Å². The molecule has 37 heavy (non-hydrogen) atoms. The number of amides is 1. The Morgan fingerprint density at radius 3 is 2.81 bits per heavy atom. The number of rotatable bonds is 7. The molecule has 11 nitrogen and oxygen atoms in total. The second-order valence-electron chi connectivity index (χ2n) is 9.03. The lowest BCUT2D eigenvalue weighted by atomic mass is 10.0. The molecule has 1 saturated heterocycles. The maximum atomic E-state index is 14.6. The van der Waals surface area contributed by atoms with Gasteiger partial charge in [-0.15, -0.1) is 0 Å². The molecule has 1 unspecified atom stereocenters. The number of pyridine rings is 1. The number of hydrogen-bond acceptors (Lipinski definition) is 10. The van der Waals surface area contributed by atoms with E-state index >= 15 is 0 Å². The summed E-state index contributed by atoms with van der Waals surface area (Å²) < 4.78 is 20.4. The topological polar surface area (TPSA) is 157 Å². The van der Waals surface area contributed by atoms with Gasteiger partial charge in [0, 0.05) is 30.4 Å². The van der Waals surface area contributed by atoms with E-state index in [1.807, 2.05) is 0 Å². The van der Waals surface area contributed by atoms with Crippen molar-refractivity contribution in [1.29, 1.82) is 5.26 Å². The molecule has 3 heterocycles. The van der Waals surface area contributed by atoms with Crippen LogP contribution in [0.2, 0.25) is 0 Å². The zero-order chi connectivity index (χ0) is 26.6. The summed E-state index contributed by atoms with van der Waals surface area (Å²) in [5.41, 5.74) is 0.689. The van der Waals surface area contributed by atoms with Gasteiger partial charge in [-0.1, -0.05) is 0 Å². The zero-order valence-electron chi connectivity index (χ0n) is 20.3. The van der Waals surface area contributed by atoms with Gasteiger partial charge in [0.2, 0.25) is 11.9 Å². The first-order chi connectivity index (χ1) is 17.7. The van der Waals surface area contributed by atoms with E-state index in [-0.39, 0.29) is 36.8 Å². The number of anilines is 2. The average molecular weight is 508 g/mol. The van der Waals surface area contributed by atoms with Gasteiger partial charge in [0.05, 0.1) is 17.8 Å². The number of hydrogen-bond donors (Lipinski definition) is 3. The van der Waals surface area contributed by atoms with Crippen LogP contribution >= 0.6 is 0 Å². The Labute approximate surface area is 212 Å². The number of nitrogens with one attached hydrogen (secondary N) is 1. The van der Waals surface area contributed by atoms with Crippen LogP contribution < -0.4 is 10.1 Å². The molecule has 0 bridgehead atoms. The molecular formula is C25H26FN7O4. The number of alkyl halides is 1. The quantitative estimate of drug-likeness (QED) is 0.432. The van der Waals surface area contributed by atoms with Gasteiger partial charge >= 0.3 is 0 Å². The van der Waals surface area contributed by atoms with Crippen molar-refractivity contribution in [3.05, 3.63) is 54.1 Å². The molecule has 1 aliphatic rings. The highest BCUT2D eigenvalue weighted by Gasteiger charge is 2.33. The Hall–Kier alpha value is -4.21. The number of nitrogens with zero attached hydrogens (tertiary/aromatic N) is 6. The Kier molecular flexibility index (Phi) is 7.56. The van der Waals surface area contributed by atoms with Crippen molar-refractivity contribution in [2.45, 2.75) is 38.1 Å². The summed E-state index contributed by atoms with van der Waals surface area (Å²) in [4.78, 5) is 29.8. The first-order valence-electron chi connectivity index (χ1n) is 11.6. The van der Waals surface area contributed by atoms with Crippen molar-refractivity contribution >= 4 is 17.5 Å². The molecule has 1 amide bonds. The van der Waals surface area contributed by atoms with E-state index in [1.54, 1.807) is 50.4 Å². The van der Waals surface area contributed by atoms with Crippen molar-refractivity contribution in [1.82, 2.24) is 24.8 Å². The summed E-state index contributed by atoms with van der Waals surface area (Å²) in [6.07, 6.45) is 0.826. The first-order valence-corrected chi connectivity index (χ1v) is 11.6. The van der Waals surface area contributed by atoms with Gasteiger partial charge < -0.3 is 25.2 Å². The number of carbonyl (C=O) groups excluding carboxylic acids is 1. The lowest BCUT2D eigenvalue weighted by molar-refractivity contribution is -0.138. The van der Waals surface area contributed by atoms with E-state index in [4.69, 9.17) is 9.84 Å². The lowest BCUT2D eigenvalue weighted by Gasteiger charge is -2.34. The van der Waals surface area contributed by atoms with Gasteiger partial charge in [0.15, 0.2) is 12.0 Å². The number of ether oxygens (including phenoxy) is 1. The fourth-order valence-electron chi connectivity index (χ4n) is 3.83.